The standard InChI is InChI=1S/C26H22N4O3S/c1-16(31)17-6-8-18(9-7-17)22-4-2-3-5-23(22)25(33)29-20-12-10-19(11-13-20)28-24(32)14-21-15-34-26(27)30-21/h2-13,15H,14H2,1H3,(H2,27,30)(H,28,32)(H,29,33). The molecular weight excluding hydrogens is 448 g/mol. The minimum Gasteiger partial charge on any atom is -0.375 e. The van der Waals surface area contributed by atoms with E-state index in [0.29, 0.717) is 33.3 Å². The van der Waals surface area contributed by atoms with Crippen LogP contribution in [0.4, 0.5) is 16.5 Å². The maximum atomic E-state index is 13.0. The number of thiazole rings is 1. The van der Waals surface area contributed by atoms with Crippen molar-refractivity contribution in [1.82, 2.24) is 4.98 Å². The van der Waals surface area contributed by atoms with Crippen LogP contribution in [-0.2, 0) is 11.2 Å². The molecule has 0 saturated heterocycles. The van der Waals surface area contributed by atoms with E-state index < -0.39 is 0 Å². The minimum absolute atomic E-state index is 0.00922. The molecular formula is C26H22N4O3S. The predicted octanol–water partition coefficient (Wildman–Crippen LogP) is 5.03. The quantitative estimate of drug-likeness (QED) is 0.328. The Morgan fingerprint density at radius 3 is 2.15 bits per heavy atom. The third-order valence-corrected chi connectivity index (χ3v) is 5.83. The van der Waals surface area contributed by atoms with E-state index in [1.54, 1.807) is 53.9 Å². The number of aromatic nitrogens is 1. The van der Waals surface area contributed by atoms with Gasteiger partial charge in [0.15, 0.2) is 10.9 Å². The van der Waals surface area contributed by atoms with Gasteiger partial charge in [0.1, 0.15) is 0 Å². The average molecular weight is 471 g/mol. The largest absolute Gasteiger partial charge is 0.375 e. The molecule has 1 heterocycles. The van der Waals surface area contributed by atoms with Gasteiger partial charge in [0, 0.05) is 27.9 Å². The zero-order valence-electron chi connectivity index (χ0n) is 18.4. The van der Waals surface area contributed by atoms with Gasteiger partial charge < -0.3 is 16.4 Å². The van der Waals surface area contributed by atoms with Crippen LogP contribution in [-0.4, -0.2) is 22.6 Å². The zero-order chi connectivity index (χ0) is 24.1. The van der Waals surface area contributed by atoms with Gasteiger partial charge in [0.25, 0.3) is 5.91 Å². The number of ketones is 1. The fourth-order valence-corrected chi connectivity index (χ4v) is 3.99. The number of rotatable bonds is 7. The lowest BCUT2D eigenvalue weighted by molar-refractivity contribution is -0.115. The number of benzene rings is 3. The number of hydrogen-bond acceptors (Lipinski definition) is 6. The Bertz CT molecular complexity index is 1350. The number of anilines is 3. The summed E-state index contributed by atoms with van der Waals surface area (Å²) in [6.45, 7) is 1.52. The molecule has 0 aliphatic carbocycles. The van der Waals surface area contributed by atoms with Gasteiger partial charge in [0.05, 0.1) is 12.1 Å². The molecule has 0 fully saturated rings. The van der Waals surface area contributed by atoms with Gasteiger partial charge in [-0.3, -0.25) is 14.4 Å². The van der Waals surface area contributed by atoms with Gasteiger partial charge in [-0.05, 0) is 48.4 Å². The Kier molecular flexibility index (Phi) is 6.79. The highest BCUT2D eigenvalue weighted by Crippen LogP contribution is 2.25. The van der Waals surface area contributed by atoms with Gasteiger partial charge in [-0.1, -0.05) is 42.5 Å². The highest BCUT2D eigenvalue weighted by Gasteiger charge is 2.13. The van der Waals surface area contributed by atoms with Crippen LogP contribution < -0.4 is 16.4 Å². The minimum atomic E-state index is -0.260. The second kappa shape index (κ2) is 10.1. The Hall–Kier alpha value is -4.30. The SMILES string of the molecule is CC(=O)c1ccc(-c2ccccc2C(=O)Nc2ccc(NC(=O)Cc3csc(N)n3)cc2)cc1. The highest BCUT2D eigenvalue weighted by molar-refractivity contribution is 7.13. The Morgan fingerprint density at radius 2 is 1.53 bits per heavy atom. The molecule has 0 atom stereocenters. The van der Waals surface area contributed by atoms with E-state index in [1.165, 1.54) is 18.3 Å². The number of nitrogens with one attached hydrogen (secondary N) is 2. The number of carbonyl (C=O) groups is 3. The number of nitrogens with two attached hydrogens (primary N) is 1. The van der Waals surface area contributed by atoms with Crippen molar-refractivity contribution in [2.45, 2.75) is 13.3 Å². The maximum Gasteiger partial charge on any atom is 0.256 e. The molecule has 0 unspecified atom stereocenters. The van der Waals surface area contributed by atoms with Gasteiger partial charge in [-0.15, -0.1) is 11.3 Å². The highest BCUT2D eigenvalue weighted by atomic mass is 32.1. The fourth-order valence-electron chi connectivity index (χ4n) is 3.43. The first-order valence-electron chi connectivity index (χ1n) is 10.5. The lowest BCUT2D eigenvalue weighted by atomic mass is 9.97. The molecule has 4 rings (SSSR count). The first-order chi connectivity index (χ1) is 16.4. The number of nitrogens with zero attached hydrogens (tertiary/aromatic N) is 1. The number of amides is 2. The summed E-state index contributed by atoms with van der Waals surface area (Å²) in [5, 5.41) is 7.88. The van der Waals surface area contributed by atoms with Crippen LogP contribution in [0.1, 0.15) is 33.3 Å². The second-order valence-electron chi connectivity index (χ2n) is 7.61. The first-order valence-corrected chi connectivity index (χ1v) is 11.4. The van der Waals surface area contributed by atoms with E-state index in [1.807, 2.05) is 24.3 Å². The number of Topliss-reactive ketones (excluding diaryl/α,β-unsaturated/α-hetero) is 1. The summed E-state index contributed by atoms with van der Waals surface area (Å²) >= 11 is 1.29. The maximum absolute atomic E-state index is 13.0. The first kappa shape index (κ1) is 22.9. The fraction of sp³-hybridized carbons (Fsp3) is 0.0769. The lowest BCUT2D eigenvalue weighted by Gasteiger charge is -2.11. The Balaban J connectivity index is 1.43. The summed E-state index contributed by atoms with van der Waals surface area (Å²) in [5.74, 6) is -0.471. The molecule has 4 aromatic rings. The normalized spacial score (nSPS) is 10.5. The van der Waals surface area contributed by atoms with Crippen molar-refractivity contribution in [2.75, 3.05) is 16.4 Å². The van der Waals surface area contributed by atoms with Crippen LogP contribution in [0.15, 0.2) is 78.2 Å². The average Bonchev–Trinajstić information content (AvgIpc) is 3.24. The molecule has 0 radical (unpaired) electrons. The third kappa shape index (κ3) is 5.54. The molecule has 8 heteroatoms. The van der Waals surface area contributed by atoms with Crippen LogP contribution in [0.2, 0.25) is 0 Å². The lowest BCUT2D eigenvalue weighted by Crippen LogP contribution is -2.15. The van der Waals surface area contributed by atoms with Crippen molar-refractivity contribution >= 4 is 45.4 Å². The van der Waals surface area contributed by atoms with Crippen molar-refractivity contribution in [3.05, 3.63) is 95.0 Å². The number of nitrogen functional groups attached to an aromatic ring is 1. The van der Waals surface area contributed by atoms with E-state index in [2.05, 4.69) is 15.6 Å². The summed E-state index contributed by atoms with van der Waals surface area (Å²) < 4.78 is 0. The van der Waals surface area contributed by atoms with E-state index in [4.69, 9.17) is 5.73 Å². The van der Waals surface area contributed by atoms with E-state index in [0.717, 1.165) is 11.1 Å². The molecule has 0 spiro atoms. The van der Waals surface area contributed by atoms with Crippen LogP contribution in [0.3, 0.4) is 0 Å². The van der Waals surface area contributed by atoms with Crippen LogP contribution in [0, 0.1) is 0 Å². The molecule has 0 saturated carbocycles. The topological polar surface area (TPSA) is 114 Å². The molecule has 0 aliphatic rings. The second-order valence-corrected chi connectivity index (χ2v) is 8.50. The van der Waals surface area contributed by atoms with Crippen molar-refractivity contribution in [1.29, 1.82) is 0 Å². The van der Waals surface area contributed by atoms with E-state index in [9.17, 15) is 14.4 Å². The van der Waals surface area contributed by atoms with Crippen LogP contribution >= 0.6 is 11.3 Å². The zero-order valence-corrected chi connectivity index (χ0v) is 19.2. The van der Waals surface area contributed by atoms with Gasteiger partial charge in [-0.25, -0.2) is 4.98 Å². The molecule has 170 valence electrons. The molecule has 7 nitrogen and oxygen atoms in total. The smallest absolute Gasteiger partial charge is 0.256 e. The van der Waals surface area contributed by atoms with Gasteiger partial charge in [0.2, 0.25) is 5.91 Å². The van der Waals surface area contributed by atoms with Crippen LogP contribution in [0.25, 0.3) is 11.1 Å². The monoisotopic (exact) mass is 470 g/mol. The molecule has 1 aromatic heterocycles. The molecule has 34 heavy (non-hydrogen) atoms. The van der Waals surface area contributed by atoms with Crippen molar-refractivity contribution in [3.8, 4) is 11.1 Å². The summed E-state index contributed by atoms with van der Waals surface area (Å²) in [5.41, 5.74) is 10.2. The number of carbonyl (C=O) groups excluding carboxylic acids is 3. The van der Waals surface area contributed by atoms with Crippen LogP contribution in [0.5, 0.6) is 0 Å². The molecule has 4 N–H and O–H groups in total. The van der Waals surface area contributed by atoms with Gasteiger partial charge >= 0.3 is 0 Å². The Labute approximate surface area is 200 Å². The molecule has 2 amide bonds. The summed E-state index contributed by atoms with van der Waals surface area (Å²) in [7, 11) is 0. The Morgan fingerprint density at radius 1 is 0.882 bits per heavy atom. The van der Waals surface area contributed by atoms with Gasteiger partial charge in [-0.2, -0.15) is 0 Å². The van der Waals surface area contributed by atoms with Crippen molar-refractivity contribution < 1.29 is 14.4 Å². The third-order valence-electron chi connectivity index (χ3n) is 5.11. The van der Waals surface area contributed by atoms with E-state index in [-0.39, 0.29) is 24.0 Å². The summed E-state index contributed by atoms with van der Waals surface area (Å²) in [6, 6.07) is 21.3. The van der Waals surface area contributed by atoms with Crippen molar-refractivity contribution in [2.24, 2.45) is 0 Å². The number of hydrogen-bond donors (Lipinski definition) is 3. The molecule has 3 aromatic carbocycles. The van der Waals surface area contributed by atoms with Crippen molar-refractivity contribution in [3.63, 3.8) is 0 Å². The molecule has 0 aliphatic heterocycles. The predicted molar refractivity (Wildman–Crippen MR) is 135 cm³/mol. The molecule has 0 bridgehead atoms. The summed E-state index contributed by atoms with van der Waals surface area (Å²) in [4.78, 5) is 40.8. The summed E-state index contributed by atoms with van der Waals surface area (Å²) in [6.07, 6.45) is 0.135. The van der Waals surface area contributed by atoms with E-state index >= 15 is 0 Å².